The summed E-state index contributed by atoms with van der Waals surface area (Å²) in [5.74, 6) is 0. The van der Waals surface area contributed by atoms with Crippen LogP contribution in [0.1, 0.15) is 33.6 Å². The second kappa shape index (κ2) is 3.75. The van der Waals surface area contributed by atoms with E-state index in [1.165, 1.54) is 12.8 Å². The van der Waals surface area contributed by atoms with Crippen LogP contribution in [-0.2, 0) is 4.74 Å². The number of rotatable bonds is 1. The maximum absolute atomic E-state index is 5.29. The number of hydrogen-bond acceptors (Lipinski definition) is 2. The van der Waals surface area contributed by atoms with Crippen molar-refractivity contribution >= 4 is 0 Å². The Morgan fingerprint density at radius 2 is 1.92 bits per heavy atom. The molecular formula is C10H21NO. The van der Waals surface area contributed by atoms with E-state index in [9.17, 15) is 0 Å². The SMILES string of the molecule is COC1CCC(C(C)(C)C)NC1. The van der Waals surface area contributed by atoms with E-state index in [-0.39, 0.29) is 0 Å². The first-order valence-corrected chi connectivity index (χ1v) is 4.80. The Morgan fingerprint density at radius 1 is 1.25 bits per heavy atom. The molecule has 1 fully saturated rings. The first-order valence-electron chi connectivity index (χ1n) is 4.80. The summed E-state index contributed by atoms with van der Waals surface area (Å²) >= 11 is 0. The van der Waals surface area contributed by atoms with Crippen LogP contribution in [0.15, 0.2) is 0 Å². The van der Waals surface area contributed by atoms with E-state index in [4.69, 9.17) is 4.74 Å². The van der Waals surface area contributed by atoms with Gasteiger partial charge in [-0.3, -0.25) is 0 Å². The first kappa shape index (κ1) is 10.0. The van der Waals surface area contributed by atoms with Crippen molar-refractivity contribution < 1.29 is 4.74 Å². The maximum atomic E-state index is 5.29. The molecule has 2 atom stereocenters. The van der Waals surface area contributed by atoms with Crippen molar-refractivity contribution in [3.05, 3.63) is 0 Å². The third kappa shape index (κ3) is 2.46. The van der Waals surface area contributed by atoms with Gasteiger partial charge < -0.3 is 10.1 Å². The Kier molecular flexibility index (Phi) is 3.13. The summed E-state index contributed by atoms with van der Waals surface area (Å²) in [6.45, 7) is 7.88. The lowest BCUT2D eigenvalue weighted by Gasteiger charge is -2.37. The van der Waals surface area contributed by atoms with Crippen LogP contribution in [0.2, 0.25) is 0 Å². The second-order valence-corrected chi connectivity index (χ2v) is 4.76. The van der Waals surface area contributed by atoms with E-state index < -0.39 is 0 Å². The number of hydrogen-bond donors (Lipinski definition) is 1. The van der Waals surface area contributed by atoms with E-state index in [2.05, 4.69) is 26.1 Å². The smallest absolute Gasteiger partial charge is 0.0696 e. The Balaban J connectivity index is 2.36. The third-order valence-electron chi connectivity index (χ3n) is 2.75. The Bertz CT molecular complexity index is 131. The molecule has 72 valence electrons. The van der Waals surface area contributed by atoms with Crippen molar-refractivity contribution in [1.82, 2.24) is 5.32 Å². The van der Waals surface area contributed by atoms with E-state index in [0.717, 1.165) is 6.54 Å². The first-order chi connectivity index (χ1) is 5.54. The Labute approximate surface area is 75.7 Å². The van der Waals surface area contributed by atoms with Gasteiger partial charge in [0.05, 0.1) is 6.10 Å². The fraction of sp³-hybridized carbons (Fsp3) is 1.00. The van der Waals surface area contributed by atoms with Crippen LogP contribution in [0, 0.1) is 5.41 Å². The molecule has 1 N–H and O–H groups in total. The fourth-order valence-electron chi connectivity index (χ4n) is 1.77. The molecule has 2 heteroatoms. The van der Waals surface area contributed by atoms with Gasteiger partial charge in [0.15, 0.2) is 0 Å². The lowest BCUT2D eigenvalue weighted by Crippen LogP contribution is -2.48. The minimum atomic E-state index is 0.388. The van der Waals surface area contributed by atoms with Crippen molar-refractivity contribution in [1.29, 1.82) is 0 Å². The van der Waals surface area contributed by atoms with Crippen molar-refractivity contribution in [2.75, 3.05) is 13.7 Å². The zero-order valence-electron chi connectivity index (χ0n) is 8.68. The minimum absolute atomic E-state index is 0.388. The number of ether oxygens (including phenoxy) is 1. The summed E-state index contributed by atoms with van der Waals surface area (Å²) in [5.41, 5.74) is 0.388. The molecule has 0 aromatic rings. The van der Waals surface area contributed by atoms with E-state index in [1.807, 2.05) is 0 Å². The lowest BCUT2D eigenvalue weighted by atomic mass is 9.81. The summed E-state index contributed by atoms with van der Waals surface area (Å²) in [5, 5.41) is 3.54. The molecule has 1 aliphatic heterocycles. The molecule has 0 amide bonds. The van der Waals surface area contributed by atoms with Crippen LogP contribution in [0.4, 0.5) is 0 Å². The van der Waals surface area contributed by atoms with Crippen molar-refractivity contribution in [2.24, 2.45) is 5.41 Å². The van der Waals surface area contributed by atoms with Crippen molar-refractivity contribution in [2.45, 2.75) is 45.8 Å². The average Bonchev–Trinajstić information content (AvgIpc) is 2.03. The molecular weight excluding hydrogens is 150 g/mol. The highest BCUT2D eigenvalue weighted by Gasteiger charge is 2.28. The number of piperidine rings is 1. The average molecular weight is 171 g/mol. The Hall–Kier alpha value is -0.0800. The molecule has 1 aliphatic rings. The van der Waals surface area contributed by atoms with E-state index >= 15 is 0 Å². The van der Waals surface area contributed by atoms with Crippen molar-refractivity contribution in [3.63, 3.8) is 0 Å². The largest absolute Gasteiger partial charge is 0.380 e. The highest BCUT2D eigenvalue weighted by atomic mass is 16.5. The molecule has 0 bridgehead atoms. The zero-order valence-corrected chi connectivity index (χ0v) is 8.68. The Morgan fingerprint density at radius 3 is 2.25 bits per heavy atom. The summed E-state index contributed by atoms with van der Waals surface area (Å²) in [6.07, 6.45) is 2.87. The number of methoxy groups -OCH3 is 1. The monoisotopic (exact) mass is 171 g/mol. The van der Waals surface area contributed by atoms with Gasteiger partial charge >= 0.3 is 0 Å². The van der Waals surface area contributed by atoms with Crippen molar-refractivity contribution in [3.8, 4) is 0 Å². The molecule has 0 aromatic heterocycles. The standard InChI is InChI=1S/C10H21NO/c1-10(2,3)9-6-5-8(12-4)7-11-9/h8-9,11H,5-7H2,1-4H3. The summed E-state index contributed by atoms with van der Waals surface area (Å²) in [7, 11) is 1.80. The van der Waals surface area contributed by atoms with Gasteiger partial charge in [-0.05, 0) is 18.3 Å². The minimum Gasteiger partial charge on any atom is -0.380 e. The lowest BCUT2D eigenvalue weighted by molar-refractivity contribution is 0.0545. The van der Waals surface area contributed by atoms with Crippen LogP contribution < -0.4 is 5.32 Å². The number of nitrogens with one attached hydrogen (secondary N) is 1. The third-order valence-corrected chi connectivity index (χ3v) is 2.75. The highest BCUT2D eigenvalue weighted by Crippen LogP contribution is 2.26. The predicted octanol–water partition coefficient (Wildman–Crippen LogP) is 1.80. The van der Waals surface area contributed by atoms with Crippen LogP contribution in [0.25, 0.3) is 0 Å². The van der Waals surface area contributed by atoms with Crippen LogP contribution >= 0.6 is 0 Å². The molecule has 1 heterocycles. The topological polar surface area (TPSA) is 21.3 Å². The normalized spacial score (nSPS) is 32.0. The molecule has 0 aliphatic carbocycles. The van der Waals surface area contributed by atoms with Gasteiger partial charge in [-0.1, -0.05) is 20.8 Å². The van der Waals surface area contributed by atoms with Gasteiger partial charge in [0, 0.05) is 19.7 Å². The van der Waals surface area contributed by atoms with Gasteiger partial charge in [0.2, 0.25) is 0 Å². The highest BCUT2D eigenvalue weighted by molar-refractivity contribution is 4.86. The molecule has 0 radical (unpaired) electrons. The summed E-state index contributed by atoms with van der Waals surface area (Å²) < 4.78 is 5.29. The van der Waals surface area contributed by atoms with E-state index in [1.54, 1.807) is 7.11 Å². The van der Waals surface area contributed by atoms with Gasteiger partial charge in [0.25, 0.3) is 0 Å². The van der Waals surface area contributed by atoms with E-state index in [0.29, 0.717) is 17.6 Å². The quantitative estimate of drug-likeness (QED) is 0.649. The molecule has 1 rings (SSSR count). The van der Waals surface area contributed by atoms with Gasteiger partial charge in [-0.25, -0.2) is 0 Å². The van der Waals surface area contributed by atoms with Gasteiger partial charge in [-0.2, -0.15) is 0 Å². The predicted molar refractivity (Wildman–Crippen MR) is 51.3 cm³/mol. The molecule has 12 heavy (non-hydrogen) atoms. The van der Waals surface area contributed by atoms with Crippen LogP contribution in [0.3, 0.4) is 0 Å². The molecule has 0 spiro atoms. The summed E-state index contributed by atoms with van der Waals surface area (Å²) in [4.78, 5) is 0. The molecule has 2 nitrogen and oxygen atoms in total. The fourth-order valence-corrected chi connectivity index (χ4v) is 1.77. The van der Waals surface area contributed by atoms with Gasteiger partial charge in [0.1, 0.15) is 0 Å². The molecule has 2 unspecified atom stereocenters. The molecule has 0 aromatic carbocycles. The van der Waals surface area contributed by atoms with Gasteiger partial charge in [-0.15, -0.1) is 0 Å². The van der Waals surface area contributed by atoms with Crippen LogP contribution in [-0.4, -0.2) is 25.8 Å². The maximum Gasteiger partial charge on any atom is 0.0696 e. The molecule has 0 saturated carbocycles. The zero-order chi connectivity index (χ0) is 9.19. The second-order valence-electron chi connectivity index (χ2n) is 4.76. The summed E-state index contributed by atoms with van der Waals surface area (Å²) in [6, 6.07) is 0.656. The van der Waals surface area contributed by atoms with Crippen LogP contribution in [0.5, 0.6) is 0 Å². The molecule has 1 saturated heterocycles.